The first-order valence-corrected chi connectivity index (χ1v) is 4.09. The number of rotatable bonds is 4. The van der Waals surface area contributed by atoms with Crippen molar-refractivity contribution in [2.75, 3.05) is 11.9 Å². The fourth-order valence-electron chi connectivity index (χ4n) is 0.894. The van der Waals surface area contributed by atoms with Crippen molar-refractivity contribution in [3.63, 3.8) is 0 Å². The molecule has 0 aliphatic rings. The number of nitrogens with two attached hydrogens (primary N) is 1. The van der Waals surface area contributed by atoms with Gasteiger partial charge in [0.05, 0.1) is 5.56 Å². The molecule has 0 aromatic carbocycles. The number of aromatic nitrogens is 2. The van der Waals surface area contributed by atoms with Gasteiger partial charge in [-0.05, 0) is 6.42 Å². The molecule has 1 rings (SSSR count). The molecule has 1 heterocycles. The van der Waals surface area contributed by atoms with E-state index in [1.165, 1.54) is 12.5 Å². The Hall–Kier alpha value is -1.65. The molecule has 1 aromatic heterocycles. The zero-order chi connectivity index (χ0) is 9.68. The van der Waals surface area contributed by atoms with Gasteiger partial charge in [-0.15, -0.1) is 0 Å². The quantitative estimate of drug-likeness (QED) is 0.702. The highest BCUT2D eigenvalue weighted by molar-refractivity contribution is 5.97. The fourth-order valence-corrected chi connectivity index (χ4v) is 0.894. The van der Waals surface area contributed by atoms with Crippen molar-refractivity contribution in [2.45, 2.75) is 13.3 Å². The summed E-state index contributed by atoms with van der Waals surface area (Å²) in [5.74, 6) is -0.0106. The highest BCUT2D eigenvalue weighted by Gasteiger charge is 2.07. The number of nitrogens with zero attached hydrogens (tertiary/aromatic N) is 2. The topological polar surface area (TPSA) is 80.9 Å². The Morgan fingerprint density at radius 2 is 2.46 bits per heavy atom. The first kappa shape index (κ1) is 9.44. The normalized spacial score (nSPS) is 9.62. The molecule has 0 aliphatic carbocycles. The van der Waals surface area contributed by atoms with Crippen molar-refractivity contribution >= 4 is 11.7 Å². The van der Waals surface area contributed by atoms with Crippen molar-refractivity contribution in [3.05, 3.63) is 18.1 Å². The first-order chi connectivity index (χ1) is 6.25. The summed E-state index contributed by atoms with van der Waals surface area (Å²) in [7, 11) is 0. The SMILES string of the molecule is CCCNc1ncncc1C(N)=O. The Balaban J connectivity index is 2.84. The van der Waals surface area contributed by atoms with Gasteiger partial charge in [0.2, 0.25) is 0 Å². The molecule has 5 heteroatoms. The van der Waals surface area contributed by atoms with Gasteiger partial charge >= 0.3 is 0 Å². The minimum atomic E-state index is -0.515. The summed E-state index contributed by atoms with van der Waals surface area (Å²) in [6.45, 7) is 2.79. The summed E-state index contributed by atoms with van der Waals surface area (Å²) in [6.07, 6.45) is 3.75. The minimum absolute atomic E-state index is 0.330. The van der Waals surface area contributed by atoms with Crippen molar-refractivity contribution in [3.8, 4) is 0 Å². The van der Waals surface area contributed by atoms with Crippen LogP contribution < -0.4 is 11.1 Å². The molecule has 3 N–H and O–H groups in total. The highest BCUT2D eigenvalue weighted by atomic mass is 16.1. The molecule has 0 saturated heterocycles. The maximum atomic E-state index is 10.9. The standard InChI is InChI=1S/C8H12N4O/c1-2-3-11-8-6(7(9)13)4-10-5-12-8/h4-5H,2-3H2,1H3,(H2,9,13)(H,10,11,12). The molecular formula is C8H12N4O. The number of primary amides is 1. The van der Waals surface area contributed by atoms with E-state index in [4.69, 9.17) is 5.73 Å². The molecule has 0 saturated carbocycles. The van der Waals surface area contributed by atoms with E-state index >= 15 is 0 Å². The summed E-state index contributed by atoms with van der Waals surface area (Å²) in [4.78, 5) is 18.5. The lowest BCUT2D eigenvalue weighted by atomic mass is 10.3. The van der Waals surface area contributed by atoms with Crippen LogP contribution in [0.15, 0.2) is 12.5 Å². The average molecular weight is 180 g/mol. The van der Waals surface area contributed by atoms with Crippen molar-refractivity contribution < 1.29 is 4.79 Å². The Bertz CT molecular complexity index is 300. The lowest BCUT2D eigenvalue weighted by Crippen LogP contribution is -2.16. The van der Waals surface area contributed by atoms with Gasteiger partial charge in [0.1, 0.15) is 12.1 Å². The Labute approximate surface area is 76.4 Å². The van der Waals surface area contributed by atoms with Crippen LogP contribution in [0.3, 0.4) is 0 Å². The number of hydrogen-bond acceptors (Lipinski definition) is 4. The Morgan fingerprint density at radius 3 is 3.08 bits per heavy atom. The maximum Gasteiger partial charge on any atom is 0.254 e. The molecule has 0 aliphatic heterocycles. The van der Waals surface area contributed by atoms with Crippen LogP contribution in [0.1, 0.15) is 23.7 Å². The molecule has 0 unspecified atom stereocenters. The molecule has 0 fully saturated rings. The van der Waals surface area contributed by atoms with Crippen LogP contribution in [0, 0.1) is 0 Å². The molecular weight excluding hydrogens is 168 g/mol. The summed E-state index contributed by atoms with van der Waals surface area (Å²) in [5, 5.41) is 2.99. The molecule has 0 atom stereocenters. The minimum Gasteiger partial charge on any atom is -0.369 e. The third-order valence-electron chi connectivity index (χ3n) is 1.52. The summed E-state index contributed by atoms with van der Waals surface area (Å²) < 4.78 is 0. The second-order valence-electron chi connectivity index (χ2n) is 2.58. The monoisotopic (exact) mass is 180 g/mol. The van der Waals surface area contributed by atoms with Gasteiger partial charge in [-0.1, -0.05) is 6.92 Å². The van der Waals surface area contributed by atoms with Crippen LogP contribution in [-0.2, 0) is 0 Å². The Morgan fingerprint density at radius 1 is 1.69 bits per heavy atom. The smallest absolute Gasteiger partial charge is 0.254 e. The van der Waals surface area contributed by atoms with E-state index in [9.17, 15) is 4.79 Å². The largest absolute Gasteiger partial charge is 0.369 e. The van der Waals surface area contributed by atoms with Crippen LogP contribution in [0.4, 0.5) is 5.82 Å². The molecule has 0 radical (unpaired) electrons. The number of hydrogen-bond donors (Lipinski definition) is 2. The fraction of sp³-hybridized carbons (Fsp3) is 0.375. The van der Waals surface area contributed by atoms with Gasteiger partial charge in [-0.2, -0.15) is 0 Å². The van der Waals surface area contributed by atoms with Crippen LogP contribution in [0.5, 0.6) is 0 Å². The van der Waals surface area contributed by atoms with Crippen LogP contribution in [0.2, 0.25) is 0 Å². The first-order valence-electron chi connectivity index (χ1n) is 4.09. The van der Waals surface area contributed by atoms with Crippen molar-refractivity contribution in [1.29, 1.82) is 0 Å². The van der Waals surface area contributed by atoms with Gasteiger partial charge in [-0.25, -0.2) is 9.97 Å². The van der Waals surface area contributed by atoms with Crippen LogP contribution in [-0.4, -0.2) is 22.4 Å². The van der Waals surface area contributed by atoms with Crippen LogP contribution in [0.25, 0.3) is 0 Å². The lowest BCUT2D eigenvalue weighted by molar-refractivity contribution is 0.100. The van der Waals surface area contributed by atoms with Gasteiger partial charge < -0.3 is 11.1 Å². The maximum absolute atomic E-state index is 10.9. The Kier molecular flexibility index (Phi) is 3.19. The molecule has 0 bridgehead atoms. The lowest BCUT2D eigenvalue weighted by Gasteiger charge is -2.05. The molecule has 13 heavy (non-hydrogen) atoms. The van der Waals surface area contributed by atoms with E-state index < -0.39 is 5.91 Å². The molecule has 0 spiro atoms. The van der Waals surface area contributed by atoms with E-state index in [1.807, 2.05) is 6.92 Å². The van der Waals surface area contributed by atoms with E-state index in [0.29, 0.717) is 11.4 Å². The van der Waals surface area contributed by atoms with Crippen LogP contribution >= 0.6 is 0 Å². The predicted molar refractivity (Wildman–Crippen MR) is 49.3 cm³/mol. The summed E-state index contributed by atoms with van der Waals surface area (Å²) >= 11 is 0. The summed E-state index contributed by atoms with van der Waals surface area (Å²) in [6, 6.07) is 0. The highest BCUT2D eigenvalue weighted by Crippen LogP contribution is 2.08. The molecule has 5 nitrogen and oxygen atoms in total. The third kappa shape index (κ3) is 2.40. The zero-order valence-corrected chi connectivity index (χ0v) is 7.45. The van der Waals surface area contributed by atoms with Gasteiger partial charge in [-0.3, -0.25) is 4.79 Å². The van der Waals surface area contributed by atoms with Gasteiger partial charge in [0.15, 0.2) is 0 Å². The van der Waals surface area contributed by atoms with Gasteiger partial charge in [0, 0.05) is 12.7 Å². The van der Waals surface area contributed by atoms with Gasteiger partial charge in [0.25, 0.3) is 5.91 Å². The molecule has 1 amide bonds. The average Bonchev–Trinajstić information content (AvgIpc) is 2.15. The number of amides is 1. The third-order valence-corrected chi connectivity index (χ3v) is 1.52. The molecule has 70 valence electrons. The number of nitrogens with one attached hydrogen (secondary N) is 1. The number of anilines is 1. The van der Waals surface area contributed by atoms with Crippen molar-refractivity contribution in [2.24, 2.45) is 5.73 Å². The summed E-state index contributed by atoms with van der Waals surface area (Å²) in [5.41, 5.74) is 5.46. The zero-order valence-electron chi connectivity index (χ0n) is 7.45. The predicted octanol–water partition coefficient (Wildman–Crippen LogP) is 0.397. The number of carbonyl (C=O) groups excluding carboxylic acids is 1. The number of carbonyl (C=O) groups is 1. The second kappa shape index (κ2) is 4.39. The second-order valence-corrected chi connectivity index (χ2v) is 2.58. The molecule has 1 aromatic rings. The van der Waals surface area contributed by atoms with E-state index in [0.717, 1.165) is 13.0 Å². The van der Waals surface area contributed by atoms with E-state index in [1.54, 1.807) is 0 Å². The van der Waals surface area contributed by atoms with E-state index in [-0.39, 0.29) is 0 Å². The van der Waals surface area contributed by atoms with E-state index in [2.05, 4.69) is 15.3 Å². The van der Waals surface area contributed by atoms with Crippen molar-refractivity contribution in [1.82, 2.24) is 9.97 Å².